The lowest BCUT2D eigenvalue weighted by molar-refractivity contribution is -0.116. The van der Waals surface area contributed by atoms with Gasteiger partial charge in [0.2, 0.25) is 5.91 Å². The van der Waals surface area contributed by atoms with Crippen molar-refractivity contribution >= 4 is 17.3 Å². The standard InChI is InChI=1S/C18H22N2O2/c1-12-9-13(2)11-15(10-12)22-8-7-18(21)20-17-6-4-5-16(19)14(17)3/h4-6,9-11H,7-8,19H2,1-3H3,(H,20,21). The van der Waals surface area contributed by atoms with Gasteiger partial charge in [-0.25, -0.2) is 0 Å². The Morgan fingerprint density at radius 1 is 1.14 bits per heavy atom. The molecule has 0 aliphatic rings. The molecular weight excluding hydrogens is 276 g/mol. The van der Waals surface area contributed by atoms with Crippen LogP contribution in [0.1, 0.15) is 23.1 Å². The van der Waals surface area contributed by atoms with E-state index in [0.717, 1.165) is 28.1 Å². The van der Waals surface area contributed by atoms with Gasteiger partial charge in [-0.3, -0.25) is 4.79 Å². The average molecular weight is 298 g/mol. The number of amides is 1. The number of hydrogen-bond acceptors (Lipinski definition) is 3. The average Bonchev–Trinajstić information content (AvgIpc) is 2.43. The van der Waals surface area contributed by atoms with Crippen LogP contribution in [0.4, 0.5) is 11.4 Å². The van der Waals surface area contributed by atoms with Crippen LogP contribution in [0.25, 0.3) is 0 Å². The molecule has 116 valence electrons. The molecule has 0 atom stereocenters. The second kappa shape index (κ2) is 6.98. The fourth-order valence-corrected chi connectivity index (χ4v) is 2.28. The molecule has 0 saturated heterocycles. The van der Waals surface area contributed by atoms with Crippen LogP contribution in [0, 0.1) is 20.8 Å². The molecule has 1 amide bonds. The summed E-state index contributed by atoms with van der Waals surface area (Å²) in [4.78, 5) is 12.0. The number of nitrogen functional groups attached to an aromatic ring is 1. The highest BCUT2D eigenvalue weighted by molar-refractivity contribution is 5.92. The molecule has 22 heavy (non-hydrogen) atoms. The van der Waals surface area contributed by atoms with Gasteiger partial charge in [-0.1, -0.05) is 12.1 Å². The Morgan fingerprint density at radius 2 is 1.82 bits per heavy atom. The molecule has 2 aromatic carbocycles. The van der Waals surface area contributed by atoms with Crippen LogP contribution in [0.3, 0.4) is 0 Å². The third-order valence-electron chi connectivity index (χ3n) is 3.44. The molecule has 0 spiro atoms. The number of rotatable bonds is 5. The first-order chi connectivity index (χ1) is 10.5. The topological polar surface area (TPSA) is 64.3 Å². The van der Waals surface area contributed by atoms with E-state index in [1.165, 1.54) is 0 Å². The van der Waals surface area contributed by atoms with E-state index in [1.54, 1.807) is 0 Å². The summed E-state index contributed by atoms with van der Waals surface area (Å²) < 4.78 is 5.64. The minimum atomic E-state index is -0.0851. The van der Waals surface area contributed by atoms with Gasteiger partial charge < -0.3 is 15.8 Å². The van der Waals surface area contributed by atoms with E-state index in [4.69, 9.17) is 10.5 Å². The molecule has 0 aromatic heterocycles. The quantitative estimate of drug-likeness (QED) is 0.829. The maximum Gasteiger partial charge on any atom is 0.227 e. The van der Waals surface area contributed by atoms with Crippen molar-refractivity contribution in [3.05, 3.63) is 53.1 Å². The number of nitrogens with two attached hydrogens (primary N) is 1. The van der Waals surface area contributed by atoms with Crippen LogP contribution in [0.2, 0.25) is 0 Å². The molecule has 4 nitrogen and oxygen atoms in total. The van der Waals surface area contributed by atoms with Crippen molar-refractivity contribution in [2.75, 3.05) is 17.7 Å². The first kappa shape index (κ1) is 15.9. The van der Waals surface area contributed by atoms with Crippen molar-refractivity contribution < 1.29 is 9.53 Å². The fraction of sp³-hybridized carbons (Fsp3) is 0.278. The van der Waals surface area contributed by atoms with Gasteiger partial charge in [0.1, 0.15) is 5.75 Å². The maximum absolute atomic E-state index is 12.0. The fourth-order valence-electron chi connectivity index (χ4n) is 2.28. The highest BCUT2D eigenvalue weighted by Crippen LogP contribution is 2.20. The maximum atomic E-state index is 12.0. The summed E-state index contributed by atoms with van der Waals surface area (Å²) in [5.41, 5.74) is 10.4. The van der Waals surface area contributed by atoms with Crippen molar-refractivity contribution in [1.29, 1.82) is 0 Å². The Hall–Kier alpha value is -2.49. The summed E-state index contributed by atoms with van der Waals surface area (Å²) in [7, 11) is 0. The van der Waals surface area contributed by atoms with Gasteiger partial charge in [0.25, 0.3) is 0 Å². The third kappa shape index (κ3) is 4.25. The zero-order valence-electron chi connectivity index (χ0n) is 13.3. The van der Waals surface area contributed by atoms with Crippen molar-refractivity contribution in [3.8, 4) is 5.75 Å². The number of anilines is 2. The van der Waals surface area contributed by atoms with Crippen LogP contribution in [0.5, 0.6) is 5.75 Å². The lowest BCUT2D eigenvalue weighted by atomic mass is 10.1. The van der Waals surface area contributed by atoms with Crippen molar-refractivity contribution in [1.82, 2.24) is 0 Å². The predicted molar refractivity (Wildman–Crippen MR) is 90.2 cm³/mol. The molecule has 0 bridgehead atoms. The van der Waals surface area contributed by atoms with E-state index < -0.39 is 0 Å². The Balaban J connectivity index is 1.86. The lowest BCUT2D eigenvalue weighted by Gasteiger charge is -2.11. The minimum Gasteiger partial charge on any atom is -0.493 e. The summed E-state index contributed by atoms with van der Waals surface area (Å²) in [6.45, 7) is 6.28. The summed E-state index contributed by atoms with van der Waals surface area (Å²) >= 11 is 0. The zero-order valence-corrected chi connectivity index (χ0v) is 13.3. The molecule has 0 radical (unpaired) electrons. The van der Waals surface area contributed by atoms with Gasteiger partial charge in [-0.2, -0.15) is 0 Å². The van der Waals surface area contributed by atoms with Crippen LogP contribution < -0.4 is 15.8 Å². The number of nitrogens with one attached hydrogen (secondary N) is 1. The van der Waals surface area contributed by atoms with Gasteiger partial charge in [-0.05, 0) is 61.7 Å². The Morgan fingerprint density at radius 3 is 2.50 bits per heavy atom. The van der Waals surface area contributed by atoms with Crippen molar-refractivity contribution in [3.63, 3.8) is 0 Å². The van der Waals surface area contributed by atoms with Crippen LogP contribution in [0.15, 0.2) is 36.4 Å². The molecule has 3 N–H and O–H groups in total. The number of carbonyl (C=O) groups excluding carboxylic acids is 1. The SMILES string of the molecule is Cc1cc(C)cc(OCCC(=O)Nc2cccc(N)c2C)c1. The second-order valence-electron chi connectivity index (χ2n) is 5.49. The predicted octanol–water partition coefficient (Wildman–Crippen LogP) is 3.60. The van der Waals surface area contributed by atoms with Gasteiger partial charge in [0, 0.05) is 11.4 Å². The van der Waals surface area contributed by atoms with Gasteiger partial charge in [0.15, 0.2) is 0 Å². The summed E-state index contributed by atoms with van der Waals surface area (Å²) in [5, 5.41) is 2.86. The molecule has 0 heterocycles. The Kier molecular flexibility index (Phi) is 5.04. The molecule has 0 saturated carbocycles. The molecule has 0 fully saturated rings. The highest BCUT2D eigenvalue weighted by Gasteiger charge is 2.07. The monoisotopic (exact) mass is 298 g/mol. The van der Waals surface area contributed by atoms with E-state index in [1.807, 2.05) is 51.1 Å². The Bertz CT molecular complexity index is 661. The first-order valence-electron chi connectivity index (χ1n) is 7.32. The van der Waals surface area contributed by atoms with Crippen LogP contribution in [-0.2, 0) is 4.79 Å². The minimum absolute atomic E-state index is 0.0851. The van der Waals surface area contributed by atoms with E-state index in [0.29, 0.717) is 18.7 Å². The number of aryl methyl sites for hydroxylation is 2. The number of hydrogen-bond donors (Lipinski definition) is 2. The second-order valence-corrected chi connectivity index (χ2v) is 5.49. The largest absolute Gasteiger partial charge is 0.493 e. The molecule has 2 aromatic rings. The smallest absolute Gasteiger partial charge is 0.227 e. The molecule has 0 unspecified atom stereocenters. The van der Waals surface area contributed by atoms with Crippen molar-refractivity contribution in [2.24, 2.45) is 0 Å². The molecule has 0 aliphatic heterocycles. The van der Waals surface area contributed by atoms with Crippen LogP contribution in [-0.4, -0.2) is 12.5 Å². The number of carbonyl (C=O) groups is 1. The number of benzene rings is 2. The van der Waals surface area contributed by atoms with Gasteiger partial charge >= 0.3 is 0 Å². The van der Waals surface area contributed by atoms with Crippen molar-refractivity contribution in [2.45, 2.75) is 27.2 Å². The highest BCUT2D eigenvalue weighted by atomic mass is 16.5. The summed E-state index contributed by atoms with van der Waals surface area (Å²) in [6.07, 6.45) is 0.293. The van der Waals surface area contributed by atoms with E-state index >= 15 is 0 Å². The summed E-state index contributed by atoms with van der Waals surface area (Å²) in [5.74, 6) is 0.712. The van der Waals surface area contributed by atoms with E-state index in [2.05, 4.69) is 11.4 Å². The molecule has 2 rings (SSSR count). The molecular formula is C18H22N2O2. The van der Waals surface area contributed by atoms with Gasteiger partial charge in [-0.15, -0.1) is 0 Å². The number of ether oxygens (including phenoxy) is 1. The van der Waals surface area contributed by atoms with E-state index in [-0.39, 0.29) is 5.91 Å². The Labute approximate surface area is 131 Å². The normalized spacial score (nSPS) is 10.3. The zero-order chi connectivity index (χ0) is 16.1. The molecule has 4 heteroatoms. The lowest BCUT2D eigenvalue weighted by Crippen LogP contribution is -2.16. The van der Waals surface area contributed by atoms with Crippen LogP contribution >= 0.6 is 0 Å². The first-order valence-corrected chi connectivity index (χ1v) is 7.32. The third-order valence-corrected chi connectivity index (χ3v) is 3.44. The van der Waals surface area contributed by atoms with E-state index in [9.17, 15) is 4.79 Å². The summed E-state index contributed by atoms with van der Waals surface area (Å²) in [6, 6.07) is 11.5. The van der Waals surface area contributed by atoms with Gasteiger partial charge in [0.05, 0.1) is 13.0 Å². The molecule has 0 aliphatic carbocycles.